The van der Waals surface area contributed by atoms with Gasteiger partial charge in [-0.15, -0.1) is 11.3 Å². The van der Waals surface area contributed by atoms with Gasteiger partial charge >= 0.3 is 0 Å². The molecule has 0 spiro atoms. The highest BCUT2D eigenvalue weighted by molar-refractivity contribution is 7.14. The van der Waals surface area contributed by atoms with Crippen LogP contribution < -0.4 is 4.90 Å². The highest BCUT2D eigenvalue weighted by Crippen LogP contribution is 2.36. The minimum absolute atomic E-state index is 0.116. The van der Waals surface area contributed by atoms with E-state index < -0.39 is 0 Å². The van der Waals surface area contributed by atoms with Crippen LogP contribution in [0.3, 0.4) is 0 Å². The molecule has 2 aromatic heterocycles. The third kappa shape index (κ3) is 3.20. The molecule has 1 aliphatic carbocycles. The molecule has 0 bridgehead atoms. The lowest BCUT2D eigenvalue weighted by molar-refractivity contribution is -0.116. The molecule has 1 amide bonds. The van der Waals surface area contributed by atoms with Gasteiger partial charge in [-0.1, -0.05) is 0 Å². The first-order valence-corrected chi connectivity index (χ1v) is 10.0. The quantitative estimate of drug-likeness (QED) is 0.818. The summed E-state index contributed by atoms with van der Waals surface area (Å²) in [6, 6.07) is 3.15. The first-order valence-electron chi connectivity index (χ1n) is 8.22. The summed E-state index contributed by atoms with van der Waals surface area (Å²) in [5, 5.41) is 7.42. The van der Waals surface area contributed by atoms with Crippen molar-refractivity contribution in [2.24, 2.45) is 0 Å². The Morgan fingerprint density at radius 3 is 2.96 bits per heavy atom. The van der Waals surface area contributed by atoms with Crippen LogP contribution >= 0.6 is 22.7 Å². The number of nitrogens with zero attached hydrogens (tertiary/aromatic N) is 3. The summed E-state index contributed by atoms with van der Waals surface area (Å²) in [5.41, 5.74) is 2.53. The molecule has 2 aliphatic rings. The Morgan fingerprint density at radius 2 is 2.26 bits per heavy atom. The highest BCUT2D eigenvalue weighted by atomic mass is 32.1. The fourth-order valence-electron chi connectivity index (χ4n) is 3.43. The second-order valence-corrected chi connectivity index (χ2v) is 8.04. The molecule has 1 saturated heterocycles. The predicted molar refractivity (Wildman–Crippen MR) is 95.0 cm³/mol. The fourth-order valence-corrected chi connectivity index (χ4v) is 5.06. The summed E-state index contributed by atoms with van der Waals surface area (Å²) in [6.45, 7) is 3.66. The number of carbonyl (C=O) groups excluding carboxylic acids is 1. The van der Waals surface area contributed by atoms with Crippen molar-refractivity contribution in [3.8, 4) is 0 Å². The van der Waals surface area contributed by atoms with Crippen molar-refractivity contribution < 1.29 is 4.79 Å². The largest absolute Gasteiger partial charge is 0.290 e. The Hall–Kier alpha value is -1.24. The molecule has 4 nitrogen and oxygen atoms in total. The maximum Gasteiger partial charge on any atom is 0.225 e. The van der Waals surface area contributed by atoms with E-state index in [2.05, 4.69) is 27.1 Å². The van der Waals surface area contributed by atoms with Crippen LogP contribution in [0.1, 0.15) is 49.9 Å². The summed E-state index contributed by atoms with van der Waals surface area (Å²) in [4.78, 5) is 21.0. The van der Waals surface area contributed by atoms with Crippen LogP contribution in [-0.4, -0.2) is 28.4 Å². The van der Waals surface area contributed by atoms with Crippen molar-refractivity contribution in [3.63, 3.8) is 0 Å². The van der Waals surface area contributed by atoms with Gasteiger partial charge in [-0.2, -0.15) is 11.3 Å². The number of thiophene rings is 1. The van der Waals surface area contributed by atoms with E-state index in [0.29, 0.717) is 12.1 Å². The van der Waals surface area contributed by atoms with Gasteiger partial charge in [-0.3, -0.25) is 14.6 Å². The molecular formula is C17H21N3OS2. The van der Waals surface area contributed by atoms with Crippen LogP contribution in [0.25, 0.3) is 0 Å². The fraction of sp³-hybridized carbons (Fsp3) is 0.529. The molecule has 0 N–H and O–H groups in total. The van der Waals surface area contributed by atoms with Crippen LogP contribution in [0.4, 0.5) is 5.13 Å². The lowest BCUT2D eigenvalue weighted by Gasteiger charge is -2.23. The zero-order valence-electron chi connectivity index (χ0n) is 13.3. The Kier molecular flexibility index (Phi) is 4.22. The van der Waals surface area contributed by atoms with E-state index in [0.717, 1.165) is 36.8 Å². The number of amides is 1. The minimum atomic E-state index is 0.116. The first-order chi connectivity index (χ1) is 11.2. The molecule has 1 saturated carbocycles. The van der Waals surface area contributed by atoms with Crippen molar-refractivity contribution in [1.29, 1.82) is 0 Å². The summed E-state index contributed by atoms with van der Waals surface area (Å²) < 4.78 is 0. The number of aromatic nitrogens is 1. The predicted octanol–water partition coefficient (Wildman–Crippen LogP) is 4.06. The molecule has 2 aromatic rings. The molecule has 0 unspecified atom stereocenters. The topological polar surface area (TPSA) is 36.4 Å². The number of hydrogen-bond donors (Lipinski definition) is 0. The van der Waals surface area contributed by atoms with Gasteiger partial charge in [0.2, 0.25) is 5.91 Å². The normalized spacial score (nSPS) is 21.7. The molecule has 23 heavy (non-hydrogen) atoms. The van der Waals surface area contributed by atoms with Crippen molar-refractivity contribution in [2.45, 2.75) is 51.2 Å². The van der Waals surface area contributed by atoms with Crippen LogP contribution in [0.2, 0.25) is 0 Å². The molecule has 122 valence electrons. The Balaban J connectivity index is 1.48. The summed E-state index contributed by atoms with van der Waals surface area (Å²) in [6.07, 6.45) is 4.70. The van der Waals surface area contributed by atoms with Crippen LogP contribution in [0.15, 0.2) is 22.2 Å². The van der Waals surface area contributed by atoms with Crippen molar-refractivity contribution >= 4 is 33.7 Å². The van der Waals surface area contributed by atoms with Gasteiger partial charge < -0.3 is 0 Å². The smallest absolute Gasteiger partial charge is 0.225 e. The van der Waals surface area contributed by atoms with E-state index in [9.17, 15) is 4.79 Å². The number of anilines is 1. The molecule has 0 radical (unpaired) electrons. The third-order valence-corrected chi connectivity index (χ3v) is 6.24. The number of likely N-dealkylation sites (tertiary alicyclic amines) is 1. The average Bonchev–Trinajstić information content (AvgIpc) is 2.97. The molecule has 4 rings (SSSR count). The van der Waals surface area contributed by atoms with E-state index in [1.807, 2.05) is 4.90 Å². The van der Waals surface area contributed by atoms with Gasteiger partial charge in [0.15, 0.2) is 5.13 Å². The maximum absolute atomic E-state index is 11.9. The monoisotopic (exact) mass is 347 g/mol. The summed E-state index contributed by atoms with van der Waals surface area (Å²) in [5.74, 6) is 0.116. The van der Waals surface area contributed by atoms with Gasteiger partial charge in [0, 0.05) is 30.9 Å². The van der Waals surface area contributed by atoms with Crippen LogP contribution in [0.5, 0.6) is 0 Å². The van der Waals surface area contributed by atoms with E-state index in [1.165, 1.54) is 18.4 Å². The molecule has 3 heterocycles. The Morgan fingerprint density at radius 1 is 1.39 bits per heavy atom. The lowest BCUT2D eigenvalue weighted by atomic mass is 10.1. The van der Waals surface area contributed by atoms with E-state index in [4.69, 9.17) is 4.98 Å². The lowest BCUT2D eigenvalue weighted by Crippen LogP contribution is -2.30. The molecule has 1 aliphatic heterocycles. The maximum atomic E-state index is 11.9. The minimum Gasteiger partial charge on any atom is -0.290 e. The Bertz CT molecular complexity index is 678. The Labute approximate surface area is 144 Å². The SMILES string of the molecule is CC(=O)N(c1nc(CN2CCC[C@H]2c2ccsc2)cs1)C1CC1. The van der Waals surface area contributed by atoms with E-state index >= 15 is 0 Å². The number of carbonyl (C=O) groups is 1. The number of hydrogen-bond acceptors (Lipinski definition) is 5. The van der Waals surface area contributed by atoms with Crippen LogP contribution in [-0.2, 0) is 11.3 Å². The summed E-state index contributed by atoms with van der Waals surface area (Å²) in [7, 11) is 0. The second kappa shape index (κ2) is 6.34. The molecule has 2 fully saturated rings. The second-order valence-electron chi connectivity index (χ2n) is 6.43. The van der Waals surface area contributed by atoms with Crippen molar-refractivity contribution in [1.82, 2.24) is 9.88 Å². The van der Waals surface area contributed by atoms with Gasteiger partial charge in [0.25, 0.3) is 0 Å². The number of thiazole rings is 1. The van der Waals surface area contributed by atoms with Gasteiger partial charge in [0.1, 0.15) is 0 Å². The third-order valence-electron chi connectivity index (χ3n) is 4.65. The van der Waals surface area contributed by atoms with Crippen LogP contribution in [0, 0.1) is 0 Å². The average molecular weight is 348 g/mol. The van der Waals surface area contributed by atoms with E-state index in [1.54, 1.807) is 29.6 Å². The van der Waals surface area contributed by atoms with Gasteiger partial charge in [-0.05, 0) is 54.6 Å². The van der Waals surface area contributed by atoms with Gasteiger partial charge in [0.05, 0.1) is 5.69 Å². The zero-order chi connectivity index (χ0) is 15.8. The zero-order valence-corrected chi connectivity index (χ0v) is 14.9. The van der Waals surface area contributed by atoms with Crippen molar-refractivity contribution in [2.75, 3.05) is 11.4 Å². The number of rotatable bonds is 5. The van der Waals surface area contributed by atoms with Crippen molar-refractivity contribution in [3.05, 3.63) is 33.5 Å². The molecule has 0 aromatic carbocycles. The molecular weight excluding hydrogens is 326 g/mol. The van der Waals surface area contributed by atoms with Gasteiger partial charge in [-0.25, -0.2) is 4.98 Å². The molecule has 1 atom stereocenters. The first kappa shape index (κ1) is 15.3. The molecule has 6 heteroatoms. The standard InChI is InChI=1S/C17H21N3OS2/c1-12(21)20(15-4-5-15)17-18-14(11-23-17)9-19-7-2-3-16(19)13-6-8-22-10-13/h6,8,10-11,15-16H,2-5,7,9H2,1H3/t16-/m0/s1. The highest BCUT2D eigenvalue weighted by Gasteiger charge is 2.34. The summed E-state index contributed by atoms with van der Waals surface area (Å²) >= 11 is 3.38. The van der Waals surface area contributed by atoms with E-state index in [-0.39, 0.29) is 5.91 Å².